The van der Waals surface area contributed by atoms with Crippen LogP contribution in [0.15, 0.2) is 29.2 Å². The fraction of sp³-hybridized carbons (Fsp3) is 0.611. The summed E-state index contributed by atoms with van der Waals surface area (Å²) in [6.07, 6.45) is 4.08. The molecule has 7 heteroatoms. The number of sulfone groups is 1. The number of hydrogen-bond donors (Lipinski definition) is 2. The summed E-state index contributed by atoms with van der Waals surface area (Å²) in [7, 11) is -3.19. The van der Waals surface area contributed by atoms with Gasteiger partial charge in [-0.3, -0.25) is 4.79 Å². The van der Waals surface area contributed by atoms with Gasteiger partial charge in [0.2, 0.25) is 5.91 Å². The minimum Gasteiger partial charge on any atom is -0.492 e. The molecule has 1 aromatic rings. The largest absolute Gasteiger partial charge is 0.492 e. The number of nitrogens with one attached hydrogen (secondary N) is 2. The molecule has 1 amide bonds. The SMILES string of the molecule is CC(CC(=O)NCCOc1ccc(S(C)(=O)=O)cc1)C1CCCNC1. The molecule has 1 aromatic carbocycles. The Balaban J connectivity index is 1.65. The predicted octanol–water partition coefficient (Wildman–Crippen LogP) is 1.61. The van der Waals surface area contributed by atoms with Crippen molar-refractivity contribution in [2.24, 2.45) is 11.8 Å². The number of rotatable bonds is 8. The van der Waals surface area contributed by atoms with Crippen molar-refractivity contribution >= 4 is 15.7 Å². The average molecular weight is 368 g/mol. The first-order chi connectivity index (χ1) is 11.9. The monoisotopic (exact) mass is 368 g/mol. The van der Waals surface area contributed by atoms with E-state index in [1.165, 1.54) is 31.2 Å². The first-order valence-electron chi connectivity index (χ1n) is 8.76. The van der Waals surface area contributed by atoms with Crippen molar-refractivity contribution in [3.63, 3.8) is 0 Å². The lowest BCUT2D eigenvalue weighted by atomic mass is 9.85. The Labute approximate surface area is 150 Å². The van der Waals surface area contributed by atoms with E-state index in [4.69, 9.17) is 4.74 Å². The third-order valence-corrected chi connectivity index (χ3v) is 5.72. The van der Waals surface area contributed by atoms with Gasteiger partial charge in [0.25, 0.3) is 0 Å². The highest BCUT2D eigenvalue weighted by Crippen LogP contribution is 2.22. The standard InChI is InChI=1S/C18H28N2O4S/c1-14(15-4-3-9-19-13-15)12-18(21)20-10-11-24-16-5-7-17(8-6-16)25(2,22)23/h5-8,14-15,19H,3-4,9-13H2,1-2H3,(H,20,21). The molecule has 140 valence electrons. The number of piperidine rings is 1. The molecule has 6 nitrogen and oxygen atoms in total. The summed E-state index contributed by atoms with van der Waals surface area (Å²) in [5.41, 5.74) is 0. The average Bonchev–Trinajstić information content (AvgIpc) is 2.59. The summed E-state index contributed by atoms with van der Waals surface area (Å²) in [6.45, 7) is 5.00. The van der Waals surface area contributed by atoms with Crippen molar-refractivity contribution in [1.82, 2.24) is 10.6 Å². The van der Waals surface area contributed by atoms with Gasteiger partial charge in [-0.2, -0.15) is 0 Å². The zero-order valence-corrected chi connectivity index (χ0v) is 15.8. The quantitative estimate of drug-likeness (QED) is 0.681. The van der Waals surface area contributed by atoms with Gasteiger partial charge < -0.3 is 15.4 Å². The van der Waals surface area contributed by atoms with Crippen LogP contribution in [0.5, 0.6) is 5.75 Å². The fourth-order valence-electron chi connectivity index (χ4n) is 3.04. The molecule has 2 rings (SSSR count). The number of hydrogen-bond acceptors (Lipinski definition) is 5. The topological polar surface area (TPSA) is 84.5 Å². The van der Waals surface area contributed by atoms with Gasteiger partial charge in [0.15, 0.2) is 9.84 Å². The Morgan fingerprint density at radius 1 is 1.36 bits per heavy atom. The summed E-state index contributed by atoms with van der Waals surface area (Å²) in [6, 6.07) is 6.28. The highest BCUT2D eigenvalue weighted by atomic mass is 32.2. The van der Waals surface area contributed by atoms with Gasteiger partial charge in [0.05, 0.1) is 11.4 Å². The van der Waals surface area contributed by atoms with E-state index >= 15 is 0 Å². The van der Waals surface area contributed by atoms with Crippen LogP contribution in [0.25, 0.3) is 0 Å². The Morgan fingerprint density at radius 2 is 2.08 bits per heavy atom. The van der Waals surface area contributed by atoms with E-state index in [1.54, 1.807) is 12.1 Å². The maximum atomic E-state index is 12.0. The number of ether oxygens (including phenoxy) is 1. The van der Waals surface area contributed by atoms with Gasteiger partial charge in [0, 0.05) is 12.7 Å². The molecule has 2 atom stereocenters. The summed E-state index contributed by atoms with van der Waals surface area (Å²) in [4.78, 5) is 12.3. The molecule has 2 unspecified atom stereocenters. The van der Waals surface area contributed by atoms with Crippen molar-refractivity contribution < 1.29 is 17.9 Å². The van der Waals surface area contributed by atoms with Crippen LogP contribution in [-0.2, 0) is 14.6 Å². The highest BCUT2D eigenvalue weighted by molar-refractivity contribution is 7.90. The van der Waals surface area contributed by atoms with E-state index in [-0.39, 0.29) is 10.8 Å². The number of amides is 1. The first kappa shape index (κ1) is 19.7. The van der Waals surface area contributed by atoms with Crippen molar-refractivity contribution in [3.8, 4) is 5.75 Å². The molecule has 1 aliphatic rings. The Hall–Kier alpha value is -1.60. The second kappa shape index (κ2) is 9.20. The van der Waals surface area contributed by atoms with Crippen LogP contribution in [0.2, 0.25) is 0 Å². The summed E-state index contributed by atoms with van der Waals surface area (Å²) < 4.78 is 28.3. The van der Waals surface area contributed by atoms with Crippen molar-refractivity contribution in [2.75, 3.05) is 32.5 Å². The number of carbonyl (C=O) groups is 1. The van der Waals surface area contributed by atoms with Gasteiger partial charge in [0.1, 0.15) is 12.4 Å². The molecule has 25 heavy (non-hydrogen) atoms. The highest BCUT2D eigenvalue weighted by Gasteiger charge is 2.21. The molecule has 2 N–H and O–H groups in total. The zero-order valence-electron chi connectivity index (χ0n) is 15.0. The summed E-state index contributed by atoms with van der Waals surface area (Å²) >= 11 is 0. The first-order valence-corrected chi connectivity index (χ1v) is 10.7. The molecule has 1 aliphatic heterocycles. The van der Waals surface area contributed by atoms with Gasteiger partial charge in [-0.25, -0.2) is 8.42 Å². The zero-order chi connectivity index (χ0) is 18.3. The summed E-state index contributed by atoms with van der Waals surface area (Å²) in [5.74, 6) is 1.58. The normalized spacial score (nSPS) is 19.2. The minimum atomic E-state index is -3.19. The van der Waals surface area contributed by atoms with Gasteiger partial charge in [-0.1, -0.05) is 6.92 Å². The Bertz CT molecular complexity index is 652. The second-order valence-electron chi connectivity index (χ2n) is 6.73. The fourth-order valence-corrected chi connectivity index (χ4v) is 3.67. The Kier molecular flexibility index (Phi) is 7.25. The maximum absolute atomic E-state index is 12.0. The van der Waals surface area contributed by atoms with Crippen LogP contribution < -0.4 is 15.4 Å². The molecule has 1 fully saturated rings. The van der Waals surface area contributed by atoms with Gasteiger partial charge in [-0.05, 0) is 62.0 Å². The molecule has 0 spiro atoms. The van der Waals surface area contributed by atoms with Crippen LogP contribution in [0.3, 0.4) is 0 Å². The van der Waals surface area contributed by atoms with E-state index in [2.05, 4.69) is 17.6 Å². The van der Waals surface area contributed by atoms with Crippen molar-refractivity contribution in [3.05, 3.63) is 24.3 Å². The van der Waals surface area contributed by atoms with Crippen LogP contribution in [0.1, 0.15) is 26.2 Å². The molecule has 0 bridgehead atoms. The van der Waals surface area contributed by atoms with E-state index in [9.17, 15) is 13.2 Å². The molecule has 0 aromatic heterocycles. The molecular weight excluding hydrogens is 340 g/mol. The molecule has 1 heterocycles. The number of carbonyl (C=O) groups excluding carboxylic acids is 1. The van der Waals surface area contributed by atoms with E-state index in [0.29, 0.717) is 37.2 Å². The maximum Gasteiger partial charge on any atom is 0.220 e. The smallest absolute Gasteiger partial charge is 0.220 e. The second-order valence-corrected chi connectivity index (χ2v) is 8.75. The lowest BCUT2D eigenvalue weighted by Gasteiger charge is -2.28. The van der Waals surface area contributed by atoms with Crippen LogP contribution in [0.4, 0.5) is 0 Å². The van der Waals surface area contributed by atoms with E-state index < -0.39 is 9.84 Å². The van der Waals surface area contributed by atoms with Gasteiger partial charge in [-0.15, -0.1) is 0 Å². The lowest BCUT2D eigenvalue weighted by Crippen LogP contribution is -2.36. The Morgan fingerprint density at radius 3 is 2.68 bits per heavy atom. The van der Waals surface area contributed by atoms with E-state index in [1.807, 2.05) is 0 Å². The molecule has 0 aliphatic carbocycles. The molecular formula is C18H28N2O4S. The van der Waals surface area contributed by atoms with E-state index in [0.717, 1.165) is 13.1 Å². The third-order valence-electron chi connectivity index (χ3n) is 4.59. The molecule has 1 saturated heterocycles. The van der Waals surface area contributed by atoms with Crippen molar-refractivity contribution in [1.29, 1.82) is 0 Å². The summed E-state index contributed by atoms with van der Waals surface area (Å²) in [5, 5.41) is 6.26. The predicted molar refractivity (Wildman–Crippen MR) is 97.4 cm³/mol. The molecule has 0 radical (unpaired) electrons. The van der Waals surface area contributed by atoms with Crippen molar-refractivity contribution in [2.45, 2.75) is 31.1 Å². The van der Waals surface area contributed by atoms with Gasteiger partial charge >= 0.3 is 0 Å². The number of benzene rings is 1. The molecule has 0 saturated carbocycles. The van der Waals surface area contributed by atoms with Crippen LogP contribution in [-0.4, -0.2) is 46.8 Å². The van der Waals surface area contributed by atoms with Crippen LogP contribution >= 0.6 is 0 Å². The lowest BCUT2D eigenvalue weighted by molar-refractivity contribution is -0.122. The minimum absolute atomic E-state index is 0.0501. The third kappa shape index (κ3) is 6.66. The van der Waals surface area contributed by atoms with Crippen LogP contribution in [0, 0.1) is 11.8 Å².